The number of aryl methyl sites for hydroxylation is 1. The fourth-order valence-corrected chi connectivity index (χ4v) is 13.0. The summed E-state index contributed by atoms with van der Waals surface area (Å²) in [5.74, 6) is -0.816. The van der Waals surface area contributed by atoms with Crippen LogP contribution < -0.4 is 21.3 Å². The molecule has 5 N–H and O–H groups in total. The average molecular weight is 995 g/mol. The lowest BCUT2D eigenvalue weighted by Gasteiger charge is -2.68. The summed E-state index contributed by atoms with van der Waals surface area (Å²) in [7, 11) is 1.86. The number of carbonyl (C=O) groups is 4. The van der Waals surface area contributed by atoms with Crippen molar-refractivity contribution in [1.29, 1.82) is 5.26 Å². The first-order valence-electron chi connectivity index (χ1n) is 24.3. The number of nitriles is 1. The Morgan fingerprint density at radius 2 is 1.66 bits per heavy atom. The molecule has 1 aliphatic heterocycles. The number of likely N-dealkylation sites (tertiary alicyclic amines) is 1. The Morgan fingerprint density at radius 3 is 2.34 bits per heavy atom. The molecule has 19 heteroatoms. The van der Waals surface area contributed by atoms with Crippen LogP contribution in [-0.2, 0) is 19.2 Å². The number of pyridine rings is 1. The third-order valence-electron chi connectivity index (χ3n) is 15.2. The number of aromatic nitrogens is 6. The summed E-state index contributed by atoms with van der Waals surface area (Å²) < 4.78 is 1.76. The van der Waals surface area contributed by atoms with E-state index in [0.717, 1.165) is 85.6 Å². The molecule has 1 aromatic carbocycles. The van der Waals surface area contributed by atoms with Gasteiger partial charge in [-0.05, 0) is 99.6 Å². The van der Waals surface area contributed by atoms with Crippen LogP contribution in [-0.4, -0.2) is 101 Å². The molecular formula is C52H58N12O5S2. The maximum atomic E-state index is 14.4. The molecule has 5 aliphatic rings. The lowest BCUT2D eigenvalue weighted by molar-refractivity contribution is -0.210. The van der Waals surface area contributed by atoms with Gasteiger partial charge in [-0.15, -0.1) is 21.5 Å². The minimum Gasteiger partial charge on any atom is -0.391 e. The van der Waals surface area contributed by atoms with Crippen molar-refractivity contribution in [1.82, 2.24) is 50.6 Å². The molecule has 368 valence electrons. The topological polar surface area (TPSA) is 233 Å². The second-order valence-corrected chi connectivity index (χ2v) is 23.0. The van der Waals surface area contributed by atoms with Crippen molar-refractivity contribution in [3.63, 3.8) is 0 Å². The molecule has 2 bridgehead atoms. The van der Waals surface area contributed by atoms with E-state index in [9.17, 15) is 29.5 Å². The van der Waals surface area contributed by atoms with Gasteiger partial charge in [0.25, 0.3) is 0 Å². The number of hydrogen-bond acceptors (Lipinski definition) is 14. The van der Waals surface area contributed by atoms with Gasteiger partial charge in [0, 0.05) is 43.9 Å². The second-order valence-electron chi connectivity index (χ2n) is 21.1. The van der Waals surface area contributed by atoms with Gasteiger partial charge >= 0.3 is 0 Å². The van der Waals surface area contributed by atoms with Gasteiger partial charge in [-0.1, -0.05) is 56.4 Å². The van der Waals surface area contributed by atoms with Gasteiger partial charge in [-0.3, -0.25) is 24.2 Å². The maximum absolute atomic E-state index is 14.4. The van der Waals surface area contributed by atoms with Gasteiger partial charge in [0.05, 0.1) is 73.3 Å². The zero-order chi connectivity index (χ0) is 50.0. The summed E-state index contributed by atoms with van der Waals surface area (Å²) in [4.78, 5) is 67.7. The van der Waals surface area contributed by atoms with Crippen molar-refractivity contribution in [2.24, 2.45) is 16.2 Å². The molecular weight excluding hydrogens is 937 g/mol. The minimum absolute atomic E-state index is 0.0105. The van der Waals surface area contributed by atoms with Crippen LogP contribution in [0, 0.1) is 34.5 Å². The third-order valence-corrected chi connectivity index (χ3v) is 17.3. The van der Waals surface area contributed by atoms with E-state index in [1.165, 1.54) is 11.1 Å². The molecule has 5 fully saturated rings. The number of benzene rings is 1. The number of aliphatic hydroxyl groups excluding tert-OH is 1. The molecule has 4 saturated carbocycles. The van der Waals surface area contributed by atoms with E-state index >= 15 is 0 Å². The number of aliphatic hydroxyl groups is 1. The van der Waals surface area contributed by atoms with Crippen molar-refractivity contribution >= 4 is 57.5 Å². The van der Waals surface area contributed by atoms with Gasteiger partial charge < -0.3 is 31.3 Å². The molecule has 0 radical (unpaired) electrons. The Morgan fingerprint density at radius 1 is 0.930 bits per heavy atom. The standard InChI is InChI=1S/C52H58N12O5S2/c1-28(31-7-9-32(10-8-31)42-29(2)56-27-70-42)58-44(66)41-18-36(65)23-63(41)47(67)43(50(3,4)5)60-49(69)52-24-51(25-52,26-52)48(68)59-34-13-11-33(12-14-34)45-61-62-46(71-45)37-22-55-39(19-38(37)54-6)40-16-15-35-17-30(20-53)21-57-64(35)40/h7-10,15-17,19,21-22,27-28,33-34,36,41,43,65H,11-14,18,23-26H2,1-6H3,(H,54,55)(H,58,66)(H,59,68)(H,60,69)/t28-,33?,34?,36+,41-,43+,51?,52?/m0/s1. The summed E-state index contributed by atoms with van der Waals surface area (Å²) in [6.07, 6.45) is 7.15. The van der Waals surface area contributed by atoms with Crippen LogP contribution in [0.25, 0.3) is 37.9 Å². The summed E-state index contributed by atoms with van der Waals surface area (Å²) in [5, 5.41) is 48.1. The average Bonchev–Trinajstić information content (AvgIpc) is 4.16. The highest BCUT2D eigenvalue weighted by atomic mass is 32.1. The van der Waals surface area contributed by atoms with E-state index in [0.29, 0.717) is 24.8 Å². The Bertz CT molecular complexity index is 3070. The number of thiazole rings is 1. The van der Waals surface area contributed by atoms with Gasteiger partial charge in [0.1, 0.15) is 23.2 Å². The Kier molecular flexibility index (Phi) is 12.5. The number of fused-ring (bicyclic) bond motifs is 1. The first-order chi connectivity index (χ1) is 34.0. The molecule has 6 aromatic rings. The molecule has 5 aromatic heterocycles. The normalized spacial score (nSPS) is 24.5. The first-order valence-corrected chi connectivity index (χ1v) is 26.0. The smallest absolute Gasteiger partial charge is 0.246 e. The van der Waals surface area contributed by atoms with Crippen molar-refractivity contribution in [2.75, 3.05) is 18.9 Å². The molecule has 6 heterocycles. The maximum Gasteiger partial charge on any atom is 0.246 e. The fraction of sp³-hybridized carbons (Fsp3) is 0.462. The molecule has 4 atom stereocenters. The lowest BCUT2D eigenvalue weighted by Crippen LogP contribution is -2.74. The zero-order valence-corrected chi connectivity index (χ0v) is 42.3. The van der Waals surface area contributed by atoms with E-state index in [1.807, 2.05) is 89.6 Å². The first kappa shape index (κ1) is 48.0. The van der Waals surface area contributed by atoms with Gasteiger partial charge in [0.2, 0.25) is 23.6 Å². The third kappa shape index (κ3) is 8.95. The van der Waals surface area contributed by atoms with Crippen LogP contribution in [0.1, 0.15) is 113 Å². The number of carbonyl (C=O) groups excluding carboxylic acids is 4. The van der Waals surface area contributed by atoms with Crippen molar-refractivity contribution in [3.8, 4) is 38.5 Å². The highest BCUT2D eigenvalue weighted by Crippen LogP contribution is 2.73. The number of anilines is 1. The van der Waals surface area contributed by atoms with Crippen molar-refractivity contribution in [3.05, 3.63) is 88.3 Å². The predicted octanol–water partition coefficient (Wildman–Crippen LogP) is 6.94. The lowest BCUT2D eigenvalue weighted by atomic mass is 9.34. The van der Waals surface area contributed by atoms with Crippen LogP contribution in [0.15, 0.2) is 66.4 Å². The molecule has 11 rings (SSSR count). The summed E-state index contributed by atoms with van der Waals surface area (Å²) >= 11 is 3.14. The largest absolute Gasteiger partial charge is 0.391 e. The molecule has 1 saturated heterocycles. The van der Waals surface area contributed by atoms with Crippen molar-refractivity contribution < 1.29 is 24.3 Å². The van der Waals surface area contributed by atoms with Crippen LogP contribution in [0.5, 0.6) is 0 Å². The number of nitrogens with one attached hydrogen (secondary N) is 4. The number of rotatable bonds is 13. The van der Waals surface area contributed by atoms with E-state index < -0.39 is 40.3 Å². The van der Waals surface area contributed by atoms with Crippen LogP contribution in [0.2, 0.25) is 0 Å². The van der Waals surface area contributed by atoms with Gasteiger partial charge in [-0.2, -0.15) is 10.4 Å². The van der Waals surface area contributed by atoms with Gasteiger partial charge in [-0.25, -0.2) is 9.50 Å². The highest BCUT2D eigenvalue weighted by molar-refractivity contribution is 7.14. The quantitative estimate of drug-likeness (QED) is 0.0792. The second kappa shape index (κ2) is 18.5. The highest BCUT2D eigenvalue weighted by Gasteiger charge is 2.75. The Balaban J connectivity index is 0.710. The number of hydrogen-bond donors (Lipinski definition) is 5. The Hall–Kier alpha value is -6.62. The summed E-state index contributed by atoms with van der Waals surface area (Å²) in [6, 6.07) is 15.5. The monoisotopic (exact) mass is 994 g/mol. The SMILES string of the molecule is CNc1cc(-c2ccc3cc(C#N)cnn23)ncc1-c1nnc(C2CCC(NC(=O)C34CC(C(=O)N[C@H](C(=O)N5C[C@H](O)C[C@H]5C(=O)N[C@@H](C)c5ccc(-c6scnc6C)cc5)C(C)(C)C)(C3)C4)CC2)s1. The molecule has 4 amide bonds. The molecule has 71 heavy (non-hydrogen) atoms. The predicted molar refractivity (Wildman–Crippen MR) is 270 cm³/mol. The molecule has 0 unspecified atom stereocenters. The van der Waals surface area contributed by atoms with Crippen LogP contribution in [0.4, 0.5) is 5.69 Å². The molecule has 0 spiro atoms. The van der Waals surface area contributed by atoms with E-state index in [2.05, 4.69) is 47.6 Å². The van der Waals surface area contributed by atoms with E-state index in [-0.39, 0.29) is 48.7 Å². The van der Waals surface area contributed by atoms with E-state index in [1.54, 1.807) is 39.5 Å². The molecule has 4 aliphatic carbocycles. The number of amides is 4. The minimum atomic E-state index is -0.952. The van der Waals surface area contributed by atoms with Gasteiger partial charge in [0.15, 0.2) is 5.01 Å². The fourth-order valence-electron chi connectivity index (χ4n) is 11.1. The Labute approximate surface area is 419 Å². The van der Waals surface area contributed by atoms with Crippen LogP contribution in [0.3, 0.4) is 0 Å². The zero-order valence-electron chi connectivity index (χ0n) is 40.7. The number of β-amino-alcohol motifs (C(OH)–C–C–N with tert-alkyl or cyclic N) is 1. The molecule has 17 nitrogen and oxygen atoms in total. The van der Waals surface area contributed by atoms with E-state index in [4.69, 9.17) is 4.98 Å². The summed E-state index contributed by atoms with van der Waals surface area (Å²) in [6.45, 7) is 9.48. The number of nitrogens with zero attached hydrogens (tertiary/aromatic N) is 8. The van der Waals surface area contributed by atoms with Crippen molar-refractivity contribution in [2.45, 2.75) is 122 Å². The van der Waals surface area contributed by atoms with Crippen LogP contribution >= 0.6 is 22.7 Å². The summed E-state index contributed by atoms with van der Waals surface area (Å²) in [5.41, 5.74) is 7.23.